The number of aromatic nitrogens is 1. The van der Waals surface area contributed by atoms with E-state index in [2.05, 4.69) is 10.3 Å². The lowest BCUT2D eigenvalue weighted by molar-refractivity contribution is -0.137. The first-order chi connectivity index (χ1) is 12.9. The van der Waals surface area contributed by atoms with E-state index < -0.39 is 23.3 Å². The van der Waals surface area contributed by atoms with Crippen molar-refractivity contribution in [1.29, 1.82) is 0 Å². The van der Waals surface area contributed by atoms with Crippen LogP contribution in [0.25, 0.3) is 0 Å². The van der Waals surface area contributed by atoms with Gasteiger partial charge < -0.3 is 10.1 Å². The summed E-state index contributed by atoms with van der Waals surface area (Å²) in [6, 6.07) is 8.50. The lowest BCUT2D eigenvalue weighted by Crippen LogP contribution is -2.54. The molecule has 1 amide bonds. The molecule has 3 saturated heterocycles. The smallest absolute Gasteiger partial charge is 0.370 e. The van der Waals surface area contributed by atoms with Gasteiger partial charge in [-0.05, 0) is 54.7 Å². The molecule has 4 heterocycles. The van der Waals surface area contributed by atoms with E-state index in [-0.39, 0.29) is 23.6 Å². The van der Waals surface area contributed by atoms with E-state index in [9.17, 15) is 18.0 Å². The van der Waals surface area contributed by atoms with Gasteiger partial charge in [-0.25, -0.2) is 0 Å². The molecular weight excluding hydrogens is 357 g/mol. The second kappa shape index (κ2) is 5.55. The standard InChI is InChI=1S/C20H17F3N2O2/c21-20(22,23)13-2-1-3-14(8-13)25-18(26)16-15(11-4-6-24-7-5-11)17-12-9-19(16,10-12)27-17/h1-8,12,15-17H,9-10H2,(H,25,26)/t12?,15-,16+,17+,19?/m1/s1. The molecule has 27 heavy (non-hydrogen) atoms. The van der Waals surface area contributed by atoms with Crippen LogP contribution in [0.4, 0.5) is 18.9 Å². The molecule has 1 aromatic carbocycles. The van der Waals surface area contributed by atoms with Gasteiger partial charge in [-0.15, -0.1) is 0 Å². The Morgan fingerprint density at radius 3 is 2.63 bits per heavy atom. The number of rotatable bonds is 3. The Morgan fingerprint density at radius 2 is 1.93 bits per heavy atom. The number of halogens is 3. The fraction of sp³-hybridized carbons (Fsp3) is 0.400. The summed E-state index contributed by atoms with van der Waals surface area (Å²) in [7, 11) is 0. The van der Waals surface area contributed by atoms with E-state index in [1.54, 1.807) is 12.4 Å². The van der Waals surface area contributed by atoms with Gasteiger partial charge in [-0.3, -0.25) is 9.78 Å². The van der Waals surface area contributed by atoms with Crippen molar-refractivity contribution < 1.29 is 22.7 Å². The summed E-state index contributed by atoms with van der Waals surface area (Å²) in [6.07, 6.45) is 0.610. The van der Waals surface area contributed by atoms with Crippen LogP contribution in [-0.2, 0) is 15.7 Å². The second-order valence-electron chi connectivity index (χ2n) is 7.67. The van der Waals surface area contributed by atoms with Gasteiger partial charge in [0.25, 0.3) is 0 Å². The molecule has 3 atom stereocenters. The van der Waals surface area contributed by atoms with Crippen LogP contribution < -0.4 is 5.32 Å². The van der Waals surface area contributed by atoms with Gasteiger partial charge in [0.05, 0.1) is 23.2 Å². The Labute approximate surface area is 153 Å². The number of carbonyl (C=O) groups excluding carboxylic acids is 1. The average Bonchev–Trinajstić information content (AvgIpc) is 3.26. The first-order valence-corrected chi connectivity index (χ1v) is 8.93. The summed E-state index contributed by atoms with van der Waals surface area (Å²) in [6.45, 7) is 0. The molecule has 0 radical (unpaired) electrons. The number of benzene rings is 1. The number of ether oxygens (including phenoxy) is 1. The minimum absolute atomic E-state index is 0.00957. The monoisotopic (exact) mass is 374 g/mol. The fourth-order valence-corrected chi connectivity index (χ4v) is 5.10. The van der Waals surface area contributed by atoms with Gasteiger partial charge in [-0.1, -0.05) is 6.07 Å². The molecule has 2 aromatic rings. The van der Waals surface area contributed by atoms with Crippen molar-refractivity contribution in [2.45, 2.75) is 36.6 Å². The Morgan fingerprint density at radius 1 is 1.19 bits per heavy atom. The number of alkyl halides is 3. The maximum atomic E-state index is 13.1. The predicted molar refractivity (Wildman–Crippen MR) is 90.9 cm³/mol. The van der Waals surface area contributed by atoms with Crippen molar-refractivity contribution in [2.75, 3.05) is 5.32 Å². The Bertz CT molecular complexity index is 894. The highest BCUT2D eigenvalue weighted by atomic mass is 19.4. The third-order valence-corrected chi connectivity index (χ3v) is 6.16. The van der Waals surface area contributed by atoms with Crippen LogP contribution in [-0.4, -0.2) is 22.6 Å². The van der Waals surface area contributed by atoms with Gasteiger partial charge in [0.15, 0.2) is 0 Å². The lowest BCUT2D eigenvalue weighted by atomic mass is 9.54. The number of nitrogens with one attached hydrogen (secondary N) is 1. The highest BCUT2D eigenvalue weighted by Gasteiger charge is 2.73. The number of hydrogen-bond acceptors (Lipinski definition) is 3. The summed E-state index contributed by atoms with van der Waals surface area (Å²) in [5, 5.41) is 2.70. The Kier molecular flexibility index (Phi) is 3.44. The lowest BCUT2D eigenvalue weighted by Gasteiger charge is -2.47. The molecule has 3 bridgehead atoms. The minimum Gasteiger partial charge on any atom is -0.370 e. The third kappa shape index (κ3) is 2.48. The predicted octanol–water partition coefficient (Wildman–Crippen LogP) is 4.00. The SMILES string of the molecule is O=C(Nc1cccc(C(F)(F)F)c1)[C@@H]1[C@@H](c2ccncc2)[C@H]2OC13CC2C3. The number of hydrogen-bond donors (Lipinski definition) is 1. The molecule has 0 unspecified atom stereocenters. The fourth-order valence-electron chi connectivity index (χ4n) is 5.10. The normalized spacial score (nSPS) is 33.6. The van der Waals surface area contributed by atoms with Crippen molar-refractivity contribution in [3.05, 3.63) is 59.9 Å². The van der Waals surface area contributed by atoms with Crippen molar-refractivity contribution in [2.24, 2.45) is 11.8 Å². The number of carbonyl (C=O) groups is 1. The van der Waals surface area contributed by atoms with Crippen LogP contribution in [0, 0.1) is 11.8 Å². The summed E-state index contributed by atoms with van der Waals surface area (Å²) in [5.74, 6) is -0.326. The van der Waals surface area contributed by atoms with Gasteiger partial charge in [0.1, 0.15) is 0 Å². The average molecular weight is 374 g/mol. The van der Waals surface area contributed by atoms with Crippen LogP contribution in [0.5, 0.6) is 0 Å². The van der Waals surface area contributed by atoms with Gasteiger partial charge in [0, 0.05) is 24.0 Å². The Hall–Kier alpha value is -2.41. The van der Waals surface area contributed by atoms with Gasteiger partial charge in [-0.2, -0.15) is 13.2 Å². The molecule has 1 aromatic heterocycles. The highest BCUT2D eigenvalue weighted by Crippen LogP contribution is 2.68. The van der Waals surface area contributed by atoms with E-state index in [4.69, 9.17) is 4.74 Å². The van der Waals surface area contributed by atoms with Crippen molar-refractivity contribution >= 4 is 11.6 Å². The number of nitrogens with zero attached hydrogens (tertiary/aromatic N) is 1. The summed E-state index contributed by atoms with van der Waals surface area (Å²) < 4.78 is 45.0. The molecule has 140 valence electrons. The molecular formula is C20H17F3N2O2. The summed E-state index contributed by atoms with van der Waals surface area (Å²) in [4.78, 5) is 17.1. The molecule has 3 aliphatic heterocycles. The third-order valence-electron chi connectivity index (χ3n) is 6.16. The number of amides is 1. The summed E-state index contributed by atoms with van der Waals surface area (Å²) in [5.41, 5.74) is -0.115. The zero-order chi connectivity index (χ0) is 18.8. The maximum Gasteiger partial charge on any atom is 0.416 e. The molecule has 1 saturated carbocycles. The quantitative estimate of drug-likeness (QED) is 0.884. The Balaban J connectivity index is 1.44. The molecule has 4 aliphatic rings. The zero-order valence-electron chi connectivity index (χ0n) is 14.2. The molecule has 6 rings (SSSR count). The van der Waals surface area contributed by atoms with Crippen LogP contribution in [0.3, 0.4) is 0 Å². The first-order valence-electron chi connectivity index (χ1n) is 8.93. The molecule has 1 spiro atoms. The number of pyridine rings is 1. The minimum atomic E-state index is -4.45. The largest absolute Gasteiger partial charge is 0.416 e. The van der Waals surface area contributed by atoms with E-state index in [0.717, 1.165) is 30.5 Å². The topological polar surface area (TPSA) is 51.2 Å². The molecule has 4 fully saturated rings. The van der Waals surface area contributed by atoms with Crippen molar-refractivity contribution in [3.8, 4) is 0 Å². The molecule has 1 N–H and O–H groups in total. The highest BCUT2D eigenvalue weighted by molar-refractivity contribution is 5.95. The van der Waals surface area contributed by atoms with Crippen LogP contribution in [0.2, 0.25) is 0 Å². The van der Waals surface area contributed by atoms with E-state index in [0.29, 0.717) is 5.92 Å². The number of anilines is 1. The van der Waals surface area contributed by atoms with E-state index in [1.165, 1.54) is 12.1 Å². The first kappa shape index (κ1) is 16.7. The molecule has 4 nitrogen and oxygen atoms in total. The molecule has 1 aliphatic carbocycles. The summed E-state index contributed by atoms with van der Waals surface area (Å²) >= 11 is 0. The van der Waals surface area contributed by atoms with E-state index in [1.807, 2.05) is 12.1 Å². The molecule has 7 heteroatoms. The second-order valence-corrected chi connectivity index (χ2v) is 7.67. The van der Waals surface area contributed by atoms with Gasteiger partial charge in [0.2, 0.25) is 5.91 Å². The van der Waals surface area contributed by atoms with Crippen LogP contribution in [0.1, 0.15) is 29.9 Å². The van der Waals surface area contributed by atoms with Crippen molar-refractivity contribution in [3.63, 3.8) is 0 Å². The van der Waals surface area contributed by atoms with Crippen LogP contribution >= 0.6 is 0 Å². The van der Waals surface area contributed by atoms with E-state index >= 15 is 0 Å². The zero-order valence-corrected chi connectivity index (χ0v) is 14.2. The van der Waals surface area contributed by atoms with Crippen molar-refractivity contribution in [1.82, 2.24) is 4.98 Å². The maximum absolute atomic E-state index is 13.1. The van der Waals surface area contributed by atoms with Gasteiger partial charge >= 0.3 is 6.18 Å². The van der Waals surface area contributed by atoms with Crippen LogP contribution in [0.15, 0.2) is 48.8 Å².